The van der Waals surface area contributed by atoms with Crippen molar-refractivity contribution in [1.29, 1.82) is 0 Å². The van der Waals surface area contributed by atoms with Crippen molar-refractivity contribution in [1.82, 2.24) is 14.9 Å². The summed E-state index contributed by atoms with van der Waals surface area (Å²) in [7, 11) is -3.56. The van der Waals surface area contributed by atoms with E-state index in [1.807, 2.05) is 17.5 Å². The second kappa shape index (κ2) is 11.3. The summed E-state index contributed by atoms with van der Waals surface area (Å²) in [5, 5.41) is 9.76. The van der Waals surface area contributed by atoms with Gasteiger partial charge in [0.1, 0.15) is 0 Å². The van der Waals surface area contributed by atoms with Gasteiger partial charge in [-0.15, -0.1) is 11.3 Å². The summed E-state index contributed by atoms with van der Waals surface area (Å²) in [5.41, 5.74) is 0.504. The second-order valence-electron chi connectivity index (χ2n) is 7.33. The van der Waals surface area contributed by atoms with E-state index in [9.17, 15) is 18.0 Å². The fourth-order valence-electron chi connectivity index (χ4n) is 3.35. The topological polar surface area (TPSA) is 108 Å². The highest BCUT2D eigenvalue weighted by molar-refractivity contribution is 7.89. The summed E-state index contributed by atoms with van der Waals surface area (Å²) in [6.45, 7) is 1.35. The Hall–Kier alpha value is -2.43. The first-order valence-electron chi connectivity index (χ1n) is 10.4. The molecule has 0 spiro atoms. The minimum Gasteiger partial charge on any atom is -0.376 e. The molecule has 2 heterocycles. The first kappa shape index (κ1) is 23.2. The summed E-state index contributed by atoms with van der Waals surface area (Å²) in [4.78, 5) is 25.2. The monoisotopic (exact) mass is 464 g/mol. The maximum Gasteiger partial charge on any atom is 0.321 e. The Labute approximate surface area is 187 Å². The number of hydrogen-bond donors (Lipinski definition) is 3. The Morgan fingerprint density at radius 2 is 1.81 bits per heavy atom. The number of thiophene rings is 1. The van der Waals surface area contributed by atoms with Gasteiger partial charge in [-0.2, -0.15) is 4.31 Å². The van der Waals surface area contributed by atoms with Crippen LogP contribution < -0.4 is 16.0 Å². The van der Waals surface area contributed by atoms with E-state index < -0.39 is 22.0 Å². The van der Waals surface area contributed by atoms with Gasteiger partial charge in [-0.25, -0.2) is 13.2 Å². The van der Waals surface area contributed by atoms with Crippen LogP contribution in [-0.4, -0.2) is 50.8 Å². The maximum absolute atomic E-state index is 12.9. The van der Waals surface area contributed by atoms with Crippen molar-refractivity contribution in [2.45, 2.75) is 37.0 Å². The number of benzene rings is 1. The van der Waals surface area contributed by atoms with Gasteiger partial charge in [0.25, 0.3) is 0 Å². The third-order valence-electron chi connectivity index (χ3n) is 4.98. The Morgan fingerprint density at radius 3 is 2.52 bits per heavy atom. The molecule has 0 unspecified atom stereocenters. The maximum atomic E-state index is 12.9. The quantitative estimate of drug-likeness (QED) is 0.557. The summed E-state index contributed by atoms with van der Waals surface area (Å²) < 4.78 is 27.4. The van der Waals surface area contributed by atoms with Gasteiger partial charge in [0.2, 0.25) is 15.9 Å². The third-order valence-corrected chi connectivity index (χ3v) is 7.81. The van der Waals surface area contributed by atoms with Crippen LogP contribution >= 0.6 is 11.3 Å². The number of amides is 3. The molecule has 3 N–H and O–H groups in total. The number of urea groups is 1. The van der Waals surface area contributed by atoms with Crippen LogP contribution in [0.1, 0.15) is 30.6 Å². The van der Waals surface area contributed by atoms with Gasteiger partial charge in [0, 0.05) is 30.2 Å². The molecular weight excluding hydrogens is 436 g/mol. The first-order chi connectivity index (χ1) is 14.9. The van der Waals surface area contributed by atoms with Crippen molar-refractivity contribution >= 4 is 39.0 Å². The predicted octanol–water partition coefficient (Wildman–Crippen LogP) is 2.79. The molecule has 2 aromatic rings. The zero-order valence-corrected chi connectivity index (χ0v) is 18.9. The van der Waals surface area contributed by atoms with Gasteiger partial charge in [-0.05, 0) is 48.9 Å². The normalized spacial score (nSPS) is 15.1. The van der Waals surface area contributed by atoms with Gasteiger partial charge < -0.3 is 10.6 Å². The Bertz CT molecular complexity index is 969. The molecule has 0 bridgehead atoms. The summed E-state index contributed by atoms with van der Waals surface area (Å²) in [6, 6.07) is 9.80. The molecule has 0 radical (unpaired) electrons. The molecule has 1 saturated heterocycles. The predicted molar refractivity (Wildman–Crippen MR) is 122 cm³/mol. The average Bonchev–Trinajstić information content (AvgIpc) is 3.11. The minimum atomic E-state index is -3.56. The lowest BCUT2D eigenvalue weighted by Gasteiger charge is -2.20. The lowest BCUT2D eigenvalue weighted by Crippen LogP contribution is -2.42. The molecule has 31 heavy (non-hydrogen) atoms. The number of carbonyl (C=O) groups is 2. The molecule has 0 atom stereocenters. The molecule has 1 aromatic carbocycles. The van der Waals surface area contributed by atoms with Crippen LogP contribution in [0.4, 0.5) is 10.5 Å². The Balaban J connectivity index is 1.47. The van der Waals surface area contributed by atoms with E-state index in [4.69, 9.17) is 0 Å². The van der Waals surface area contributed by atoms with E-state index in [2.05, 4.69) is 16.0 Å². The summed E-state index contributed by atoms with van der Waals surface area (Å²) in [5.74, 6) is -0.505. The molecule has 1 aliphatic rings. The molecule has 3 amide bonds. The lowest BCUT2D eigenvalue weighted by atomic mass is 10.2. The van der Waals surface area contributed by atoms with Crippen molar-refractivity contribution in [3.05, 3.63) is 46.7 Å². The molecule has 1 aromatic heterocycles. The number of carbonyl (C=O) groups excluding carboxylic acids is 2. The van der Waals surface area contributed by atoms with E-state index in [1.165, 1.54) is 10.4 Å². The zero-order chi connectivity index (χ0) is 22.1. The zero-order valence-electron chi connectivity index (χ0n) is 17.3. The molecule has 1 fully saturated rings. The smallest absolute Gasteiger partial charge is 0.321 e. The number of anilines is 1. The van der Waals surface area contributed by atoms with Gasteiger partial charge in [0.05, 0.1) is 11.4 Å². The molecule has 0 aliphatic carbocycles. The van der Waals surface area contributed by atoms with Crippen molar-refractivity contribution in [2.75, 3.05) is 31.5 Å². The lowest BCUT2D eigenvalue weighted by molar-refractivity contribution is -0.118. The van der Waals surface area contributed by atoms with E-state index >= 15 is 0 Å². The number of sulfonamides is 1. The van der Waals surface area contributed by atoms with Crippen molar-refractivity contribution in [3.63, 3.8) is 0 Å². The molecule has 1 aliphatic heterocycles. The van der Waals surface area contributed by atoms with E-state index in [0.29, 0.717) is 31.7 Å². The van der Waals surface area contributed by atoms with E-state index in [-0.39, 0.29) is 11.4 Å². The van der Waals surface area contributed by atoms with Gasteiger partial charge in [0.15, 0.2) is 0 Å². The van der Waals surface area contributed by atoms with Crippen LogP contribution in [0.15, 0.2) is 46.7 Å². The molecule has 10 heteroatoms. The SMILES string of the molecule is O=C(CNc1cccc(S(=O)(=O)N2CCCCCC2)c1)NC(=O)NCCc1cccs1. The van der Waals surface area contributed by atoms with Crippen LogP contribution in [0.3, 0.4) is 0 Å². The Kier molecular flexibility index (Phi) is 8.44. The van der Waals surface area contributed by atoms with Crippen LogP contribution in [-0.2, 0) is 21.2 Å². The van der Waals surface area contributed by atoms with Crippen LogP contribution in [0.25, 0.3) is 0 Å². The first-order valence-corrected chi connectivity index (χ1v) is 12.7. The number of imide groups is 1. The van der Waals surface area contributed by atoms with Gasteiger partial charge in [-0.1, -0.05) is 25.0 Å². The fourth-order valence-corrected chi connectivity index (χ4v) is 5.62. The highest BCUT2D eigenvalue weighted by Gasteiger charge is 2.25. The highest BCUT2D eigenvalue weighted by Crippen LogP contribution is 2.22. The summed E-state index contributed by atoms with van der Waals surface area (Å²) >= 11 is 1.61. The number of nitrogens with one attached hydrogen (secondary N) is 3. The molecule has 168 valence electrons. The second-order valence-corrected chi connectivity index (χ2v) is 10.3. The van der Waals surface area contributed by atoms with Gasteiger partial charge in [-0.3, -0.25) is 10.1 Å². The Morgan fingerprint density at radius 1 is 1.03 bits per heavy atom. The standard InChI is InChI=1S/C21H28N4O4S2/c26-20(24-21(27)22-11-10-18-8-6-14-30-18)16-23-17-7-5-9-19(15-17)31(28,29)25-12-3-1-2-4-13-25/h5-9,14-15,23H,1-4,10-13,16H2,(H2,22,24,26,27). The van der Waals surface area contributed by atoms with Crippen LogP contribution in [0.5, 0.6) is 0 Å². The minimum absolute atomic E-state index is 0.147. The third kappa shape index (κ3) is 7.05. The number of hydrogen-bond acceptors (Lipinski definition) is 6. The molecule has 8 nitrogen and oxygen atoms in total. The summed E-state index contributed by atoms with van der Waals surface area (Å²) in [6.07, 6.45) is 4.53. The van der Waals surface area contributed by atoms with Crippen molar-refractivity contribution in [3.8, 4) is 0 Å². The van der Waals surface area contributed by atoms with Crippen LogP contribution in [0.2, 0.25) is 0 Å². The van der Waals surface area contributed by atoms with Crippen molar-refractivity contribution < 1.29 is 18.0 Å². The van der Waals surface area contributed by atoms with E-state index in [0.717, 1.165) is 30.6 Å². The van der Waals surface area contributed by atoms with E-state index in [1.54, 1.807) is 29.5 Å². The van der Waals surface area contributed by atoms with Crippen LogP contribution in [0, 0.1) is 0 Å². The molecular formula is C21H28N4O4S2. The molecule has 3 rings (SSSR count). The van der Waals surface area contributed by atoms with Crippen molar-refractivity contribution in [2.24, 2.45) is 0 Å². The number of nitrogens with zero attached hydrogens (tertiary/aromatic N) is 1. The molecule has 0 saturated carbocycles. The number of rotatable bonds is 8. The highest BCUT2D eigenvalue weighted by atomic mass is 32.2. The fraction of sp³-hybridized carbons (Fsp3) is 0.429. The average molecular weight is 465 g/mol. The largest absolute Gasteiger partial charge is 0.376 e. The van der Waals surface area contributed by atoms with Gasteiger partial charge >= 0.3 is 6.03 Å².